The Labute approximate surface area is 123 Å². The fraction of sp³-hybridized carbons (Fsp3) is 0.308. The monoisotopic (exact) mass is 342 g/mol. The van der Waals surface area contributed by atoms with Gasteiger partial charge in [-0.3, -0.25) is 19.7 Å². The zero-order valence-corrected chi connectivity index (χ0v) is 12.0. The maximum atomic E-state index is 13.3. The Morgan fingerprint density at radius 1 is 1.45 bits per heavy atom. The van der Waals surface area contributed by atoms with E-state index in [9.17, 15) is 18.8 Å². The van der Waals surface area contributed by atoms with E-state index in [1.807, 2.05) is 0 Å². The van der Waals surface area contributed by atoms with Crippen LogP contribution in [-0.2, 0) is 16.1 Å². The van der Waals surface area contributed by atoms with E-state index in [1.165, 1.54) is 6.07 Å². The van der Waals surface area contributed by atoms with E-state index < -0.39 is 11.9 Å². The molecule has 1 aliphatic rings. The molecule has 106 valence electrons. The number of hydrogen-bond donors (Lipinski definition) is 2. The van der Waals surface area contributed by atoms with E-state index in [1.54, 1.807) is 0 Å². The first-order chi connectivity index (χ1) is 9.51. The van der Waals surface area contributed by atoms with E-state index in [2.05, 4.69) is 26.6 Å². The second kappa shape index (κ2) is 6.23. The Morgan fingerprint density at radius 2 is 2.20 bits per heavy atom. The number of piperidine rings is 1. The van der Waals surface area contributed by atoms with Gasteiger partial charge < -0.3 is 5.32 Å². The first-order valence-electron chi connectivity index (χ1n) is 6.01. The molecule has 1 fully saturated rings. The van der Waals surface area contributed by atoms with Gasteiger partial charge in [0.05, 0.1) is 10.5 Å². The van der Waals surface area contributed by atoms with Gasteiger partial charge in [0.1, 0.15) is 12.1 Å². The van der Waals surface area contributed by atoms with Crippen LogP contribution in [0.25, 0.3) is 0 Å². The van der Waals surface area contributed by atoms with E-state index in [0.29, 0.717) is 18.3 Å². The van der Waals surface area contributed by atoms with Crippen molar-refractivity contribution in [1.82, 2.24) is 10.6 Å². The molecular weight excluding hydrogens is 331 g/mol. The molecule has 2 rings (SSSR count). The van der Waals surface area contributed by atoms with Crippen molar-refractivity contribution in [2.24, 2.45) is 0 Å². The lowest BCUT2D eigenvalue weighted by atomic mass is 10.0. The third-order valence-corrected chi connectivity index (χ3v) is 3.69. The quantitative estimate of drug-likeness (QED) is 0.638. The van der Waals surface area contributed by atoms with E-state index in [4.69, 9.17) is 0 Å². The summed E-state index contributed by atoms with van der Waals surface area (Å²) in [5, 5.41) is 5.20. The highest BCUT2D eigenvalue weighted by atomic mass is 79.9. The molecular formula is C13H12BrFN2O3. The summed E-state index contributed by atoms with van der Waals surface area (Å²) in [6.07, 6.45) is 1.25. The molecule has 20 heavy (non-hydrogen) atoms. The number of carbonyl (C=O) groups excluding carboxylic acids is 3. The predicted molar refractivity (Wildman–Crippen MR) is 72.5 cm³/mol. The largest absolute Gasteiger partial charge is 0.302 e. The number of rotatable bonds is 4. The summed E-state index contributed by atoms with van der Waals surface area (Å²) < 4.78 is 13.6. The van der Waals surface area contributed by atoms with Gasteiger partial charge in [-0.1, -0.05) is 0 Å². The number of benzene rings is 1. The number of halogens is 2. The Kier molecular flexibility index (Phi) is 4.61. The van der Waals surface area contributed by atoms with Crippen molar-refractivity contribution in [3.63, 3.8) is 0 Å². The second-order valence-electron chi connectivity index (χ2n) is 4.47. The summed E-state index contributed by atoms with van der Waals surface area (Å²) in [7, 11) is 0. The fourth-order valence-electron chi connectivity index (χ4n) is 1.99. The molecule has 1 aromatic carbocycles. The number of hydrogen-bond acceptors (Lipinski definition) is 4. The fourth-order valence-corrected chi connectivity index (χ4v) is 2.38. The molecule has 0 bridgehead atoms. The van der Waals surface area contributed by atoms with Crippen molar-refractivity contribution in [3.05, 3.63) is 33.5 Å². The molecule has 0 radical (unpaired) electrons. The molecule has 7 heteroatoms. The van der Waals surface area contributed by atoms with Crippen molar-refractivity contribution in [2.45, 2.75) is 25.4 Å². The van der Waals surface area contributed by atoms with Crippen molar-refractivity contribution in [1.29, 1.82) is 0 Å². The maximum Gasteiger partial charge on any atom is 0.243 e. The smallest absolute Gasteiger partial charge is 0.243 e. The third-order valence-electron chi connectivity index (χ3n) is 3.09. The van der Waals surface area contributed by atoms with Crippen LogP contribution in [0.3, 0.4) is 0 Å². The first-order valence-corrected chi connectivity index (χ1v) is 6.80. The van der Waals surface area contributed by atoms with Gasteiger partial charge in [-0.15, -0.1) is 0 Å². The van der Waals surface area contributed by atoms with Crippen LogP contribution in [0.2, 0.25) is 0 Å². The highest BCUT2D eigenvalue weighted by Gasteiger charge is 2.26. The van der Waals surface area contributed by atoms with Gasteiger partial charge in [0.25, 0.3) is 0 Å². The molecule has 2 amide bonds. The van der Waals surface area contributed by atoms with Crippen molar-refractivity contribution < 1.29 is 18.8 Å². The number of carbonyl (C=O) groups is 3. The average Bonchev–Trinajstić information content (AvgIpc) is 2.41. The normalized spacial score (nSPS) is 18.8. The molecule has 1 unspecified atom stereocenters. The highest BCUT2D eigenvalue weighted by Crippen LogP contribution is 2.20. The third kappa shape index (κ3) is 3.29. The van der Waals surface area contributed by atoms with Crippen molar-refractivity contribution in [3.8, 4) is 0 Å². The van der Waals surface area contributed by atoms with Crippen LogP contribution in [0.5, 0.6) is 0 Å². The van der Waals surface area contributed by atoms with Gasteiger partial charge in [0.2, 0.25) is 11.8 Å². The van der Waals surface area contributed by atoms with Crippen molar-refractivity contribution in [2.75, 3.05) is 0 Å². The Balaban J connectivity index is 2.07. The number of imide groups is 1. The molecule has 1 atom stereocenters. The minimum absolute atomic E-state index is 0.227. The van der Waals surface area contributed by atoms with Crippen LogP contribution in [0.15, 0.2) is 16.6 Å². The van der Waals surface area contributed by atoms with Gasteiger partial charge in [0, 0.05) is 18.5 Å². The van der Waals surface area contributed by atoms with Crippen molar-refractivity contribution >= 4 is 34.0 Å². The van der Waals surface area contributed by atoms with Crippen LogP contribution < -0.4 is 10.6 Å². The lowest BCUT2D eigenvalue weighted by Gasteiger charge is -2.22. The summed E-state index contributed by atoms with van der Waals surface area (Å²) >= 11 is 3.05. The van der Waals surface area contributed by atoms with Gasteiger partial charge >= 0.3 is 0 Å². The lowest BCUT2D eigenvalue weighted by molar-refractivity contribution is -0.134. The molecule has 5 nitrogen and oxygen atoms in total. The number of nitrogens with one attached hydrogen (secondary N) is 2. The van der Waals surface area contributed by atoms with Crippen LogP contribution in [0.4, 0.5) is 4.39 Å². The highest BCUT2D eigenvalue weighted by molar-refractivity contribution is 9.10. The van der Waals surface area contributed by atoms with Gasteiger partial charge in [-0.2, -0.15) is 0 Å². The second-order valence-corrected chi connectivity index (χ2v) is 5.32. The van der Waals surface area contributed by atoms with Crippen LogP contribution in [0.1, 0.15) is 28.8 Å². The molecule has 1 saturated heterocycles. The van der Waals surface area contributed by atoms with E-state index in [-0.39, 0.29) is 34.8 Å². The molecule has 1 aliphatic heterocycles. The van der Waals surface area contributed by atoms with Gasteiger partial charge in [0.15, 0.2) is 0 Å². The summed E-state index contributed by atoms with van der Waals surface area (Å²) in [5.74, 6) is -1.18. The Bertz CT molecular complexity index is 577. The van der Waals surface area contributed by atoms with E-state index in [0.717, 1.165) is 6.07 Å². The van der Waals surface area contributed by atoms with Gasteiger partial charge in [-0.05, 0) is 40.0 Å². The molecule has 0 spiro atoms. The summed E-state index contributed by atoms with van der Waals surface area (Å²) in [4.78, 5) is 33.5. The average molecular weight is 343 g/mol. The maximum absolute atomic E-state index is 13.3. The number of aldehydes is 1. The number of amides is 2. The molecule has 0 aromatic heterocycles. The van der Waals surface area contributed by atoms with Crippen LogP contribution >= 0.6 is 15.9 Å². The molecule has 2 N–H and O–H groups in total. The minimum atomic E-state index is -0.517. The topological polar surface area (TPSA) is 75.3 Å². The first kappa shape index (κ1) is 14.8. The standard InChI is InChI=1S/C13H12BrFN2O3/c14-9-3-7(8(6-18)4-10(9)15)5-16-11-1-2-12(19)17-13(11)20/h3-4,6,11,16H,1-2,5H2,(H,17,19,20). The predicted octanol–water partition coefficient (Wildman–Crippen LogP) is 1.30. The molecule has 0 aliphatic carbocycles. The lowest BCUT2D eigenvalue weighted by Crippen LogP contribution is -2.50. The molecule has 1 heterocycles. The van der Waals surface area contributed by atoms with Crippen LogP contribution in [0, 0.1) is 5.82 Å². The molecule has 1 aromatic rings. The zero-order chi connectivity index (χ0) is 14.7. The molecule has 0 saturated carbocycles. The minimum Gasteiger partial charge on any atom is -0.302 e. The summed E-state index contributed by atoms with van der Waals surface area (Å²) in [6.45, 7) is 0.235. The Hall–Kier alpha value is -1.60. The Morgan fingerprint density at radius 3 is 2.85 bits per heavy atom. The SMILES string of the molecule is O=Cc1cc(F)c(Br)cc1CNC1CCC(=O)NC1=O. The van der Waals surface area contributed by atoms with Gasteiger partial charge in [-0.25, -0.2) is 4.39 Å². The van der Waals surface area contributed by atoms with Crippen LogP contribution in [-0.4, -0.2) is 24.1 Å². The summed E-state index contributed by atoms with van der Waals surface area (Å²) in [6, 6.07) is 2.15. The van der Waals surface area contributed by atoms with E-state index >= 15 is 0 Å². The zero-order valence-electron chi connectivity index (χ0n) is 10.4. The summed E-state index contributed by atoms with van der Waals surface area (Å²) in [5.41, 5.74) is 0.809.